The van der Waals surface area contributed by atoms with Crippen molar-refractivity contribution in [1.29, 1.82) is 0 Å². The van der Waals surface area contributed by atoms with E-state index in [4.69, 9.17) is 22.1 Å². The van der Waals surface area contributed by atoms with Crippen molar-refractivity contribution in [2.24, 2.45) is 11.3 Å². The summed E-state index contributed by atoms with van der Waals surface area (Å²) in [7, 11) is 0. The first-order chi connectivity index (χ1) is 13.7. The molecule has 4 nitrogen and oxygen atoms in total. The van der Waals surface area contributed by atoms with Gasteiger partial charge in [0.15, 0.2) is 0 Å². The number of fused-ring (bicyclic) bond motifs is 7. The van der Waals surface area contributed by atoms with Crippen molar-refractivity contribution >= 4 is 28.9 Å². The lowest BCUT2D eigenvalue weighted by Gasteiger charge is -2.48. The standard InChI is InChI=1S/C24H25NO3S/c1-22-11-10-16(13-22)24(3)23(22,2)18-12-15(6-9-19(18)28-24)20(29)25-17-7-4-14(5-8-17)21(26)27/h4-9,12,16H,10-11,13H2,1-3H3,(H,25,29)(H,26,27). The molecule has 0 spiro atoms. The fraction of sp³-hybridized carbons (Fsp3) is 0.417. The molecule has 2 fully saturated rings. The molecule has 4 unspecified atom stereocenters. The van der Waals surface area contributed by atoms with E-state index >= 15 is 0 Å². The predicted molar refractivity (Wildman–Crippen MR) is 117 cm³/mol. The molecule has 3 aliphatic rings. The SMILES string of the molecule is CC12CCC(C1)C1(C)Oc3ccc(C(=S)Nc4ccc(C(=O)O)cc4)cc3C21C. The lowest BCUT2D eigenvalue weighted by Crippen LogP contribution is -2.54. The van der Waals surface area contributed by atoms with Crippen LogP contribution in [-0.4, -0.2) is 21.7 Å². The van der Waals surface area contributed by atoms with Gasteiger partial charge in [-0.3, -0.25) is 0 Å². The van der Waals surface area contributed by atoms with Crippen molar-refractivity contribution in [1.82, 2.24) is 0 Å². The number of carbonyl (C=O) groups is 1. The molecule has 2 aromatic carbocycles. The van der Waals surface area contributed by atoms with E-state index in [1.165, 1.54) is 24.8 Å². The summed E-state index contributed by atoms with van der Waals surface area (Å²) in [5.41, 5.74) is 3.34. The molecule has 4 atom stereocenters. The largest absolute Gasteiger partial charge is 0.486 e. The van der Waals surface area contributed by atoms with Gasteiger partial charge in [0.25, 0.3) is 0 Å². The van der Waals surface area contributed by atoms with Gasteiger partial charge >= 0.3 is 5.97 Å². The number of ether oxygens (including phenoxy) is 1. The van der Waals surface area contributed by atoms with Crippen LogP contribution < -0.4 is 10.1 Å². The van der Waals surface area contributed by atoms with E-state index in [-0.39, 0.29) is 22.0 Å². The van der Waals surface area contributed by atoms with E-state index in [2.05, 4.69) is 38.2 Å². The minimum absolute atomic E-state index is 0.0208. The smallest absolute Gasteiger partial charge is 0.335 e. The van der Waals surface area contributed by atoms with Crippen molar-refractivity contribution in [3.63, 3.8) is 0 Å². The molecule has 29 heavy (non-hydrogen) atoms. The number of carboxylic acid groups (broad SMARTS) is 1. The first-order valence-corrected chi connectivity index (χ1v) is 10.6. The molecule has 1 heterocycles. The molecule has 0 amide bonds. The number of hydrogen-bond acceptors (Lipinski definition) is 3. The highest BCUT2D eigenvalue weighted by atomic mass is 32.1. The summed E-state index contributed by atoms with van der Waals surface area (Å²) >= 11 is 5.67. The normalized spacial score (nSPS) is 33.7. The molecule has 5 rings (SSSR count). The second-order valence-electron chi connectivity index (χ2n) is 9.38. The first-order valence-electron chi connectivity index (χ1n) is 10.2. The molecule has 150 valence electrons. The van der Waals surface area contributed by atoms with Gasteiger partial charge in [0, 0.05) is 22.2 Å². The summed E-state index contributed by atoms with van der Waals surface area (Å²) in [5, 5.41) is 12.3. The predicted octanol–water partition coefficient (Wildman–Crippen LogP) is 5.40. The van der Waals surface area contributed by atoms with Gasteiger partial charge in [0.05, 0.1) is 5.56 Å². The monoisotopic (exact) mass is 407 g/mol. The molecule has 2 bridgehead atoms. The zero-order valence-electron chi connectivity index (χ0n) is 16.9. The third-order valence-electron chi connectivity index (χ3n) is 8.21. The topological polar surface area (TPSA) is 58.6 Å². The molecular formula is C24H25NO3S. The maximum Gasteiger partial charge on any atom is 0.335 e. The Morgan fingerprint density at radius 2 is 1.83 bits per heavy atom. The minimum Gasteiger partial charge on any atom is -0.486 e. The highest BCUT2D eigenvalue weighted by Crippen LogP contribution is 2.73. The fourth-order valence-corrected chi connectivity index (χ4v) is 6.47. The number of rotatable bonds is 3. The zero-order valence-corrected chi connectivity index (χ0v) is 17.7. The molecule has 2 N–H and O–H groups in total. The maximum absolute atomic E-state index is 11.0. The molecule has 0 saturated heterocycles. The number of anilines is 1. The highest BCUT2D eigenvalue weighted by Gasteiger charge is 2.73. The Hall–Kier alpha value is -2.40. The van der Waals surface area contributed by atoms with Crippen molar-refractivity contribution in [3.8, 4) is 5.75 Å². The Balaban J connectivity index is 1.46. The quantitative estimate of drug-likeness (QED) is 0.667. The average Bonchev–Trinajstić information content (AvgIpc) is 3.26. The summed E-state index contributed by atoms with van der Waals surface area (Å²) < 4.78 is 6.59. The number of benzene rings is 2. The van der Waals surface area contributed by atoms with E-state index in [9.17, 15) is 4.79 Å². The summed E-state index contributed by atoms with van der Waals surface area (Å²) in [6.45, 7) is 7.09. The third-order valence-corrected chi connectivity index (χ3v) is 8.55. The van der Waals surface area contributed by atoms with Crippen LogP contribution in [0.25, 0.3) is 0 Å². The second kappa shape index (κ2) is 5.82. The van der Waals surface area contributed by atoms with Crippen LogP contribution >= 0.6 is 12.2 Å². The van der Waals surface area contributed by atoms with Crippen LogP contribution in [0, 0.1) is 11.3 Å². The maximum atomic E-state index is 11.0. The van der Waals surface area contributed by atoms with Gasteiger partial charge in [-0.05, 0) is 80.0 Å². The van der Waals surface area contributed by atoms with Gasteiger partial charge in [-0.1, -0.05) is 26.1 Å². The van der Waals surface area contributed by atoms with E-state index < -0.39 is 5.97 Å². The highest BCUT2D eigenvalue weighted by molar-refractivity contribution is 7.81. The van der Waals surface area contributed by atoms with E-state index in [0.29, 0.717) is 10.9 Å². The summed E-state index contributed by atoms with van der Waals surface area (Å²) in [5.74, 6) is 0.657. The number of hydrogen-bond donors (Lipinski definition) is 2. The van der Waals surface area contributed by atoms with Crippen LogP contribution in [0.15, 0.2) is 42.5 Å². The van der Waals surface area contributed by atoms with Crippen LogP contribution in [0.3, 0.4) is 0 Å². The Labute approximate surface area is 176 Å². The van der Waals surface area contributed by atoms with Crippen molar-refractivity contribution < 1.29 is 14.6 Å². The van der Waals surface area contributed by atoms with Crippen LogP contribution in [0.5, 0.6) is 5.75 Å². The van der Waals surface area contributed by atoms with Crippen LogP contribution in [-0.2, 0) is 5.41 Å². The molecule has 0 radical (unpaired) electrons. The van der Waals surface area contributed by atoms with Crippen LogP contribution in [0.2, 0.25) is 0 Å². The molecule has 2 aromatic rings. The zero-order chi connectivity index (χ0) is 20.6. The molecule has 5 heteroatoms. The molecule has 0 aromatic heterocycles. The Kier molecular flexibility index (Phi) is 3.74. The molecular weight excluding hydrogens is 382 g/mol. The lowest BCUT2D eigenvalue weighted by molar-refractivity contribution is -0.0260. The van der Waals surface area contributed by atoms with E-state index in [0.717, 1.165) is 17.0 Å². The van der Waals surface area contributed by atoms with Gasteiger partial charge in [0.2, 0.25) is 0 Å². The third kappa shape index (κ3) is 2.31. The Morgan fingerprint density at radius 1 is 1.14 bits per heavy atom. The average molecular weight is 408 g/mol. The summed E-state index contributed by atoms with van der Waals surface area (Å²) in [6, 6.07) is 12.9. The van der Waals surface area contributed by atoms with Crippen LogP contribution in [0.1, 0.15) is 61.5 Å². The minimum atomic E-state index is -0.937. The van der Waals surface area contributed by atoms with Crippen molar-refractivity contribution in [2.45, 2.75) is 51.0 Å². The Morgan fingerprint density at radius 3 is 2.52 bits per heavy atom. The van der Waals surface area contributed by atoms with Gasteiger partial charge in [-0.2, -0.15) is 0 Å². The summed E-state index contributed by atoms with van der Waals surface area (Å²) in [4.78, 5) is 11.7. The van der Waals surface area contributed by atoms with E-state index in [1.807, 2.05) is 6.07 Å². The van der Waals surface area contributed by atoms with Gasteiger partial charge in [0.1, 0.15) is 16.3 Å². The second-order valence-corrected chi connectivity index (χ2v) is 9.79. The first kappa shape index (κ1) is 18.6. The molecule has 2 saturated carbocycles. The molecule has 1 aliphatic heterocycles. The van der Waals surface area contributed by atoms with Gasteiger partial charge in [-0.15, -0.1) is 0 Å². The number of thiocarbonyl (C=S) groups is 1. The molecule has 2 aliphatic carbocycles. The van der Waals surface area contributed by atoms with Crippen molar-refractivity contribution in [3.05, 3.63) is 59.2 Å². The summed E-state index contributed by atoms with van der Waals surface area (Å²) in [6.07, 6.45) is 3.72. The van der Waals surface area contributed by atoms with Crippen molar-refractivity contribution in [2.75, 3.05) is 5.32 Å². The van der Waals surface area contributed by atoms with Gasteiger partial charge in [-0.25, -0.2) is 4.79 Å². The fourth-order valence-electron chi connectivity index (χ4n) is 6.23. The number of aromatic carboxylic acids is 1. The van der Waals surface area contributed by atoms with Crippen LogP contribution in [0.4, 0.5) is 5.69 Å². The van der Waals surface area contributed by atoms with Gasteiger partial charge < -0.3 is 15.2 Å². The van der Waals surface area contributed by atoms with E-state index in [1.54, 1.807) is 24.3 Å². The lowest BCUT2D eigenvalue weighted by atomic mass is 9.56. The number of carboxylic acids is 1. The Bertz CT molecular complexity index is 1050. The number of nitrogens with one attached hydrogen (secondary N) is 1.